The Bertz CT molecular complexity index is 745. The maximum absolute atomic E-state index is 12.1. The average molecular weight is 369 g/mol. The molecule has 0 unspecified atom stereocenters. The van der Waals surface area contributed by atoms with E-state index in [-0.39, 0.29) is 18.4 Å². The third-order valence-corrected chi connectivity index (χ3v) is 3.98. The number of ether oxygens (including phenoxy) is 1. The summed E-state index contributed by atoms with van der Waals surface area (Å²) in [5, 5.41) is 8.77. The van der Waals surface area contributed by atoms with Crippen LogP contribution in [0.3, 0.4) is 0 Å². The highest BCUT2D eigenvalue weighted by Gasteiger charge is 2.05. The molecular weight excluding hydrogens is 342 g/mol. The molecule has 0 heterocycles. The summed E-state index contributed by atoms with van der Waals surface area (Å²) in [6.45, 7) is 2.23. The van der Waals surface area contributed by atoms with E-state index in [4.69, 9.17) is 4.74 Å². The van der Waals surface area contributed by atoms with Gasteiger partial charge in [0.25, 0.3) is 0 Å². The zero-order valence-electron chi connectivity index (χ0n) is 15.9. The molecule has 3 N–H and O–H groups in total. The van der Waals surface area contributed by atoms with Crippen molar-refractivity contribution < 1.29 is 14.3 Å². The SMILES string of the molecule is CCCCCC(=O)Nc1cccc(NCC(=O)Nc2ccc(OC)cc2)c1. The van der Waals surface area contributed by atoms with Crippen LogP contribution in [0.1, 0.15) is 32.6 Å². The van der Waals surface area contributed by atoms with Crippen LogP contribution in [-0.4, -0.2) is 25.5 Å². The molecular formula is C21H27N3O3. The topological polar surface area (TPSA) is 79.5 Å². The molecule has 0 saturated heterocycles. The number of hydrogen-bond donors (Lipinski definition) is 3. The highest BCUT2D eigenvalue weighted by Crippen LogP contribution is 2.17. The number of carbonyl (C=O) groups excluding carboxylic acids is 2. The van der Waals surface area contributed by atoms with E-state index in [0.29, 0.717) is 12.1 Å². The molecule has 0 fully saturated rings. The highest BCUT2D eigenvalue weighted by molar-refractivity contribution is 5.94. The molecule has 0 aromatic heterocycles. The first kappa shape index (κ1) is 20.3. The maximum atomic E-state index is 12.1. The van der Waals surface area contributed by atoms with Crippen LogP contribution < -0.4 is 20.7 Å². The lowest BCUT2D eigenvalue weighted by atomic mass is 10.2. The van der Waals surface area contributed by atoms with E-state index in [1.54, 1.807) is 31.4 Å². The average Bonchev–Trinajstić information content (AvgIpc) is 2.67. The van der Waals surface area contributed by atoms with E-state index in [9.17, 15) is 9.59 Å². The van der Waals surface area contributed by atoms with Crippen molar-refractivity contribution in [3.05, 3.63) is 48.5 Å². The van der Waals surface area contributed by atoms with Gasteiger partial charge in [0, 0.05) is 23.5 Å². The Balaban J connectivity index is 1.81. The monoisotopic (exact) mass is 369 g/mol. The second-order valence-electron chi connectivity index (χ2n) is 6.22. The third kappa shape index (κ3) is 7.40. The van der Waals surface area contributed by atoms with Crippen LogP contribution in [0.15, 0.2) is 48.5 Å². The van der Waals surface area contributed by atoms with Crippen molar-refractivity contribution in [3.8, 4) is 5.75 Å². The van der Waals surface area contributed by atoms with Gasteiger partial charge in [0.05, 0.1) is 13.7 Å². The summed E-state index contributed by atoms with van der Waals surface area (Å²) in [7, 11) is 1.60. The molecule has 0 saturated carbocycles. The van der Waals surface area contributed by atoms with Crippen molar-refractivity contribution in [2.24, 2.45) is 0 Å². The van der Waals surface area contributed by atoms with Crippen molar-refractivity contribution in [3.63, 3.8) is 0 Å². The lowest BCUT2D eigenvalue weighted by Gasteiger charge is -2.10. The largest absolute Gasteiger partial charge is 0.497 e. The van der Waals surface area contributed by atoms with Gasteiger partial charge in [-0.1, -0.05) is 25.8 Å². The number of unbranched alkanes of at least 4 members (excludes halogenated alkanes) is 2. The Morgan fingerprint density at radius 3 is 2.30 bits per heavy atom. The molecule has 0 aliphatic carbocycles. The quantitative estimate of drug-likeness (QED) is 0.547. The molecule has 0 spiro atoms. The van der Waals surface area contributed by atoms with Crippen LogP contribution in [0.5, 0.6) is 5.75 Å². The molecule has 0 radical (unpaired) electrons. The summed E-state index contributed by atoms with van der Waals surface area (Å²) in [6.07, 6.45) is 3.56. The zero-order chi connectivity index (χ0) is 19.5. The molecule has 0 bridgehead atoms. The van der Waals surface area contributed by atoms with Crippen LogP contribution in [0, 0.1) is 0 Å². The number of amides is 2. The Hall–Kier alpha value is -3.02. The van der Waals surface area contributed by atoms with Crippen molar-refractivity contribution in [1.29, 1.82) is 0 Å². The lowest BCUT2D eigenvalue weighted by molar-refractivity contribution is -0.116. The Labute approximate surface area is 160 Å². The molecule has 0 atom stereocenters. The smallest absolute Gasteiger partial charge is 0.243 e. The highest BCUT2D eigenvalue weighted by atomic mass is 16.5. The minimum atomic E-state index is -0.158. The number of hydrogen-bond acceptors (Lipinski definition) is 4. The van der Waals surface area contributed by atoms with E-state index < -0.39 is 0 Å². The lowest BCUT2D eigenvalue weighted by Crippen LogP contribution is -2.21. The van der Waals surface area contributed by atoms with E-state index >= 15 is 0 Å². The van der Waals surface area contributed by atoms with Gasteiger partial charge in [-0.15, -0.1) is 0 Å². The van der Waals surface area contributed by atoms with E-state index in [0.717, 1.165) is 36.4 Å². The van der Waals surface area contributed by atoms with E-state index in [2.05, 4.69) is 22.9 Å². The van der Waals surface area contributed by atoms with Crippen molar-refractivity contribution in [2.45, 2.75) is 32.6 Å². The predicted octanol–water partition coefficient (Wildman–Crippen LogP) is 4.26. The minimum absolute atomic E-state index is 0.0119. The first-order valence-electron chi connectivity index (χ1n) is 9.18. The molecule has 2 aromatic rings. The zero-order valence-corrected chi connectivity index (χ0v) is 15.9. The summed E-state index contributed by atoms with van der Waals surface area (Å²) in [5.74, 6) is 0.590. The van der Waals surface area contributed by atoms with Gasteiger partial charge in [-0.3, -0.25) is 9.59 Å². The summed E-state index contributed by atoms with van der Waals surface area (Å²) >= 11 is 0. The van der Waals surface area contributed by atoms with Gasteiger partial charge in [-0.25, -0.2) is 0 Å². The number of rotatable bonds is 10. The first-order chi connectivity index (χ1) is 13.1. The first-order valence-corrected chi connectivity index (χ1v) is 9.18. The number of nitrogens with one attached hydrogen (secondary N) is 3. The molecule has 2 amide bonds. The van der Waals surface area contributed by atoms with Crippen molar-refractivity contribution >= 4 is 28.9 Å². The number of benzene rings is 2. The number of anilines is 3. The standard InChI is InChI=1S/C21H27N3O3/c1-3-4-5-9-20(25)24-18-8-6-7-17(14-18)22-15-21(26)23-16-10-12-19(27-2)13-11-16/h6-8,10-14,22H,3-5,9,15H2,1-2H3,(H,23,26)(H,24,25). The van der Waals surface area contributed by atoms with Crippen LogP contribution >= 0.6 is 0 Å². The molecule has 0 aliphatic rings. The van der Waals surface area contributed by atoms with E-state index in [1.165, 1.54) is 0 Å². The normalized spacial score (nSPS) is 10.1. The number of methoxy groups -OCH3 is 1. The summed E-state index contributed by atoms with van der Waals surface area (Å²) in [6, 6.07) is 14.5. The summed E-state index contributed by atoms with van der Waals surface area (Å²) in [4.78, 5) is 24.0. The van der Waals surface area contributed by atoms with Gasteiger partial charge in [-0.2, -0.15) is 0 Å². The van der Waals surface area contributed by atoms with E-state index in [1.807, 2.05) is 24.3 Å². The maximum Gasteiger partial charge on any atom is 0.243 e. The summed E-state index contributed by atoms with van der Waals surface area (Å²) < 4.78 is 5.09. The molecule has 2 rings (SSSR count). The predicted molar refractivity (Wildman–Crippen MR) is 109 cm³/mol. The van der Waals surface area contributed by atoms with Crippen LogP contribution in [0.2, 0.25) is 0 Å². The molecule has 144 valence electrons. The van der Waals surface area contributed by atoms with Gasteiger partial charge in [0.2, 0.25) is 11.8 Å². The van der Waals surface area contributed by atoms with Gasteiger partial charge >= 0.3 is 0 Å². The van der Waals surface area contributed by atoms with Gasteiger partial charge in [0.15, 0.2) is 0 Å². The Kier molecular flexibility index (Phi) is 8.16. The Morgan fingerprint density at radius 2 is 1.59 bits per heavy atom. The molecule has 2 aromatic carbocycles. The van der Waals surface area contributed by atoms with Crippen LogP contribution in [0.25, 0.3) is 0 Å². The summed E-state index contributed by atoms with van der Waals surface area (Å²) in [5.41, 5.74) is 2.19. The fourth-order valence-electron chi connectivity index (χ4n) is 2.53. The van der Waals surface area contributed by atoms with Crippen molar-refractivity contribution in [2.75, 3.05) is 29.6 Å². The molecule has 6 nitrogen and oxygen atoms in total. The molecule has 6 heteroatoms. The van der Waals surface area contributed by atoms with Crippen LogP contribution in [0.4, 0.5) is 17.1 Å². The third-order valence-electron chi connectivity index (χ3n) is 3.98. The van der Waals surface area contributed by atoms with Crippen molar-refractivity contribution in [1.82, 2.24) is 0 Å². The fourth-order valence-corrected chi connectivity index (χ4v) is 2.53. The molecule has 27 heavy (non-hydrogen) atoms. The Morgan fingerprint density at radius 1 is 0.889 bits per heavy atom. The second kappa shape index (κ2) is 10.9. The number of carbonyl (C=O) groups is 2. The fraction of sp³-hybridized carbons (Fsp3) is 0.333. The second-order valence-corrected chi connectivity index (χ2v) is 6.22. The minimum Gasteiger partial charge on any atom is -0.497 e. The molecule has 0 aliphatic heterocycles. The van der Waals surface area contributed by atoms with Gasteiger partial charge < -0.3 is 20.7 Å². The van der Waals surface area contributed by atoms with Gasteiger partial charge in [0.1, 0.15) is 5.75 Å². The van der Waals surface area contributed by atoms with Gasteiger partial charge in [-0.05, 0) is 48.9 Å². The van der Waals surface area contributed by atoms with Crippen LogP contribution in [-0.2, 0) is 9.59 Å².